The van der Waals surface area contributed by atoms with Gasteiger partial charge in [0.1, 0.15) is 17.7 Å². The molecule has 2 aromatic heterocycles. The Hall–Kier alpha value is -1.45. The highest BCUT2D eigenvalue weighted by Crippen LogP contribution is 2.60. The van der Waals surface area contributed by atoms with Crippen molar-refractivity contribution in [3.63, 3.8) is 0 Å². The van der Waals surface area contributed by atoms with Gasteiger partial charge in [-0.15, -0.1) is 0 Å². The Morgan fingerprint density at radius 2 is 2.00 bits per heavy atom. The number of nitrogens with zero attached hydrogens (tertiary/aromatic N) is 3. The van der Waals surface area contributed by atoms with E-state index in [9.17, 15) is 0 Å². The summed E-state index contributed by atoms with van der Waals surface area (Å²) in [6.45, 7) is 0. The van der Waals surface area contributed by atoms with E-state index >= 15 is 0 Å². The summed E-state index contributed by atoms with van der Waals surface area (Å²) >= 11 is 0. The van der Waals surface area contributed by atoms with Crippen LogP contribution in [0.5, 0.6) is 0 Å². The predicted molar refractivity (Wildman–Crippen MR) is 59.9 cm³/mol. The summed E-state index contributed by atoms with van der Waals surface area (Å²) < 4.78 is 0. The highest BCUT2D eigenvalue weighted by Gasteiger charge is 2.52. The van der Waals surface area contributed by atoms with Gasteiger partial charge in [-0.05, 0) is 24.7 Å². The largest absolute Gasteiger partial charge is 0.339 e. The Morgan fingerprint density at radius 1 is 1.19 bits per heavy atom. The normalized spacial score (nSPS) is 32.6. The van der Waals surface area contributed by atoms with E-state index in [0.29, 0.717) is 5.92 Å². The van der Waals surface area contributed by atoms with Crippen molar-refractivity contribution in [3.05, 3.63) is 18.3 Å². The Labute approximate surface area is 93.5 Å². The Kier molecular flexibility index (Phi) is 1.64. The zero-order valence-corrected chi connectivity index (χ0v) is 9.06. The zero-order valence-electron chi connectivity index (χ0n) is 9.06. The summed E-state index contributed by atoms with van der Waals surface area (Å²) in [5.74, 6) is 3.61. The SMILES string of the molecule is c1ncc2[nH]c(C3C4CCCCC43)nc2n1. The van der Waals surface area contributed by atoms with E-state index in [1.807, 2.05) is 6.20 Å². The zero-order chi connectivity index (χ0) is 10.5. The first-order chi connectivity index (χ1) is 7.93. The second kappa shape index (κ2) is 3.03. The third kappa shape index (κ3) is 1.13. The maximum absolute atomic E-state index is 4.59. The lowest BCUT2D eigenvalue weighted by atomic mass is 10.0. The van der Waals surface area contributed by atoms with Crippen LogP contribution in [0.4, 0.5) is 0 Å². The second-order valence-electron chi connectivity index (χ2n) is 5.02. The van der Waals surface area contributed by atoms with Crippen LogP contribution in [0.25, 0.3) is 11.2 Å². The van der Waals surface area contributed by atoms with Crippen LogP contribution >= 0.6 is 0 Å². The number of fused-ring (bicyclic) bond motifs is 2. The molecule has 0 radical (unpaired) electrons. The van der Waals surface area contributed by atoms with Gasteiger partial charge in [0, 0.05) is 5.92 Å². The molecule has 4 rings (SSSR count). The second-order valence-corrected chi connectivity index (χ2v) is 5.02. The minimum absolute atomic E-state index is 0.677. The van der Waals surface area contributed by atoms with Crippen molar-refractivity contribution in [2.45, 2.75) is 31.6 Å². The Morgan fingerprint density at radius 3 is 2.75 bits per heavy atom. The van der Waals surface area contributed by atoms with Gasteiger partial charge in [0.05, 0.1) is 6.20 Å². The highest BCUT2D eigenvalue weighted by atomic mass is 15.0. The third-order valence-corrected chi connectivity index (χ3v) is 4.15. The van der Waals surface area contributed by atoms with Gasteiger partial charge in [0.2, 0.25) is 0 Å². The van der Waals surface area contributed by atoms with E-state index in [0.717, 1.165) is 28.8 Å². The average Bonchev–Trinajstić information content (AvgIpc) is 2.91. The molecular weight excluding hydrogens is 200 g/mol. The number of imidazole rings is 1. The van der Waals surface area contributed by atoms with Crippen LogP contribution in [0.1, 0.15) is 37.4 Å². The standard InChI is InChI=1S/C12H14N4/c1-2-4-8-7(3-1)10(8)12-15-9-5-13-6-14-11(9)16-12/h5-8,10H,1-4H2,(H,13,14,15,16). The summed E-state index contributed by atoms with van der Waals surface area (Å²) in [6, 6.07) is 0. The summed E-state index contributed by atoms with van der Waals surface area (Å²) in [5, 5.41) is 0. The lowest BCUT2D eigenvalue weighted by Crippen LogP contribution is -1.91. The number of aromatic nitrogens is 4. The van der Waals surface area contributed by atoms with Crippen molar-refractivity contribution < 1.29 is 0 Å². The fourth-order valence-corrected chi connectivity index (χ4v) is 3.34. The number of rotatable bonds is 1. The summed E-state index contributed by atoms with van der Waals surface area (Å²) in [6.07, 6.45) is 8.95. The average molecular weight is 214 g/mol. The van der Waals surface area contributed by atoms with Crippen molar-refractivity contribution in [3.8, 4) is 0 Å². The molecule has 2 unspecified atom stereocenters. The lowest BCUT2D eigenvalue weighted by Gasteiger charge is -2.04. The van der Waals surface area contributed by atoms with E-state index in [1.165, 1.54) is 25.7 Å². The lowest BCUT2D eigenvalue weighted by molar-refractivity contribution is 0.480. The molecule has 4 nitrogen and oxygen atoms in total. The molecule has 2 heterocycles. The van der Waals surface area contributed by atoms with Crippen molar-refractivity contribution >= 4 is 11.2 Å². The molecule has 2 atom stereocenters. The quantitative estimate of drug-likeness (QED) is 0.792. The number of aromatic amines is 1. The maximum Gasteiger partial charge on any atom is 0.180 e. The van der Waals surface area contributed by atoms with Crippen molar-refractivity contribution in [1.29, 1.82) is 0 Å². The molecule has 0 aliphatic heterocycles. The van der Waals surface area contributed by atoms with Crippen molar-refractivity contribution in [2.24, 2.45) is 11.8 Å². The molecule has 82 valence electrons. The van der Waals surface area contributed by atoms with Gasteiger partial charge in [-0.2, -0.15) is 0 Å². The van der Waals surface area contributed by atoms with Crippen molar-refractivity contribution in [2.75, 3.05) is 0 Å². The van der Waals surface area contributed by atoms with Gasteiger partial charge in [-0.1, -0.05) is 12.8 Å². The first-order valence-corrected chi connectivity index (χ1v) is 6.09. The molecule has 16 heavy (non-hydrogen) atoms. The van der Waals surface area contributed by atoms with E-state index in [-0.39, 0.29) is 0 Å². The number of hydrogen-bond donors (Lipinski definition) is 1. The monoisotopic (exact) mass is 214 g/mol. The number of H-pyrrole nitrogens is 1. The topological polar surface area (TPSA) is 54.5 Å². The van der Waals surface area contributed by atoms with E-state index in [2.05, 4.69) is 19.9 Å². The molecule has 0 amide bonds. The van der Waals surface area contributed by atoms with Crippen LogP contribution in [0, 0.1) is 11.8 Å². The fraction of sp³-hybridized carbons (Fsp3) is 0.583. The molecule has 4 heteroatoms. The molecule has 2 saturated carbocycles. The first kappa shape index (κ1) is 8.67. The smallest absolute Gasteiger partial charge is 0.180 e. The molecule has 0 aromatic carbocycles. The van der Waals surface area contributed by atoms with E-state index in [1.54, 1.807) is 6.33 Å². The van der Waals surface area contributed by atoms with Crippen LogP contribution in [0.3, 0.4) is 0 Å². The molecule has 2 aliphatic rings. The number of nitrogens with one attached hydrogen (secondary N) is 1. The Bertz CT molecular complexity index is 488. The van der Waals surface area contributed by atoms with Gasteiger partial charge >= 0.3 is 0 Å². The van der Waals surface area contributed by atoms with Gasteiger partial charge in [-0.3, -0.25) is 0 Å². The molecule has 0 saturated heterocycles. The summed E-state index contributed by atoms with van der Waals surface area (Å²) in [4.78, 5) is 16.2. The van der Waals surface area contributed by atoms with Crippen molar-refractivity contribution in [1.82, 2.24) is 19.9 Å². The van der Waals surface area contributed by atoms with Gasteiger partial charge in [0.25, 0.3) is 0 Å². The summed E-state index contributed by atoms with van der Waals surface area (Å²) in [5.41, 5.74) is 1.79. The predicted octanol–water partition coefficient (Wildman–Crippen LogP) is 2.26. The van der Waals surface area contributed by atoms with E-state index < -0.39 is 0 Å². The molecule has 2 aromatic rings. The van der Waals surface area contributed by atoms with Crippen LogP contribution in [-0.2, 0) is 0 Å². The van der Waals surface area contributed by atoms with E-state index in [4.69, 9.17) is 0 Å². The maximum atomic E-state index is 4.59. The van der Waals surface area contributed by atoms with Crippen LogP contribution in [-0.4, -0.2) is 19.9 Å². The molecule has 0 spiro atoms. The molecule has 2 fully saturated rings. The van der Waals surface area contributed by atoms with Crippen LogP contribution in [0.2, 0.25) is 0 Å². The highest BCUT2D eigenvalue weighted by molar-refractivity contribution is 5.69. The molecule has 0 bridgehead atoms. The number of hydrogen-bond acceptors (Lipinski definition) is 3. The first-order valence-electron chi connectivity index (χ1n) is 6.09. The minimum Gasteiger partial charge on any atom is -0.339 e. The van der Waals surface area contributed by atoms with Gasteiger partial charge in [-0.25, -0.2) is 15.0 Å². The fourth-order valence-electron chi connectivity index (χ4n) is 3.34. The van der Waals surface area contributed by atoms with Crippen LogP contribution < -0.4 is 0 Å². The third-order valence-electron chi connectivity index (χ3n) is 4.15. The molecule has 2 aliphatic carbocycles. The minimum atomic E-state index is 0.677. The molecule has 1 N–H and O–H groups in total. The van der Waals surface area contributed by atoms with Gasteiger partial charge < -0.3 is 4.98 Å². The van der Waals surface area contributed by atoms with Gasteiger partial charge in [0.15, 0.2) is 5.65 Å². The Balaban J connectivity index is 1.72. The molecular formula is C12H14N4. The summed E-state index contributed by atoms with van der Waals surface area (Å²) in [7, 11) is 0. The van der Waals surface area contributed by atoms with Crippen LogP contribution in [0.15, 0.2) is 12.5 Å².